The SMILES string of the molecule is C[C@@H](CCCC(=O)N1CCOC1=O)c1ccc(F)cc1.c1ccccc1. The zero-order valence-corrected chi connectivity index (χ0v) is 14.9. The summed E-state index contributed by atoms with van der Waals surface area (Å²) in [6.45, 7) is 2.68. The highest BCUT2D eigenvalue weighted by Crippen LogP contribution is 2.22. The molecule has 5 heteroatoms. The molecule has 1 fully saturated rings. The minimum Gasteiger partial charge on any atom is -0.447 e. The standard InChI is InChI=1S/C15H18FNO3.C6H6/c1-11(12-5-7-13(16)8-6-12)3-2-4-14(18)17-9-10-20-15(17)19;1-2-4-6-5-3-1/h5-8,11H,2-4,9-10H2,1H3;1-6H/t11-;/m0./s1. The Kier molecular flexibility index (Phi) is 7.80. The summed E-state index contributed by atoms with van der Waals surface area (Å²) in [6, 6.07) is 18.4. The number of carbonyl (C=O) groups is 2. The van der Waals surface area contributed by atoms with Crippen molar-refractivity contribution < 1.29 is 18.7 Å². The fourth-order valence-corrected chi connectivity index (χ4v) is 2.66. The third-order valence-electron chi connectivity index (χ3n) is 4.20. The normalized spacial score (nSPS) is 14.2. The highest BCUT2D eigenvalue weighted by molar-refractivity contribution is 5.92. The number of amides is 2. The van der Waals surface area contributed by atoms with Gasteiger partial charge in [-0.1, -0.05) is 55.5 Å². The van der Waals surface area contributed by atoms with Gasteiger partial charge in [-0.05, 0) is 36.5 Å². The second kappa shape index (κ2) is 10.3. The van der Waals surface area contributed by atoms with Crippen LogP contribution in [0.1, 0.15) is 37.7 Å². The molecule has 26 heavy (non-hydrogen) atoms. The molecule has 2 aromatic carbocycles. The van der Waals surface area contributed by atoms with Gasteiger partial charge in [0, 0.05) is 6.42 Å². The molecule has 1 aliphatic heterocycles. The lowest BCUT2D eigenvalue weighted by Crippen LogP contribution is -2.31. The third kappa shape index (κ3) is 6.31. The number of imide groups is 1. The molecule has 2 amide bonds. The van der Waals surface area contributed by atoms with Crippen molar-refractivity contribution in [3.63, 3.8) is 0 Å². The Morgan fingerprint density at radius 1 is 1.12 bits per heavy atom. The van der Waals surface area contributed by atoms with Crippen LogP contribution in [0.4, 0.5) is 9.18 Å². The van der Waals surface area contributed by atoms with Crippen molar-refractivity contribution in [3.8, 4) is 0 Å². The third-order valence-corrected chi connectivity index (χ3v) is 4.20. The van der Waals surface area contributed by atoms with Gasteiger partial charge in [0.25, 0.3) is 0 Å². The number of nitrogens with zero attached hydrogens (tertiary/aromatic N) is 1. The van der Waals surface area contributed by atoms with Crippen molar-refractivity contribution in [1.82, 2.24) is 4.90 Å². The van der Waals surface area contributed by atoms with Gasteiger partial charge in [-0.15, -0.1) is 0 Å². The molecule has 0 unspecified atom stereocenters. The quantitative estimate of drug-likeness (QED) is 0.775. The molecule has 0 spiro atoms. The second-order valence-corrected chi connectivity index (χ2v) is 6.16. The molecular weight excluding hydrogens is 333 g/mol. The summed E-state index contributed by atoms with van der Waals surface area (Å²) in [5.74, 6) is -0.170. The Morgan fingerprint density at radius 3 is 2.19 bits per heavy atom. The van der Waals surface area contributed by atoms with Crippen LogP contribution < -0.4 is 0 Å². The molecule has 0 bridgehead atoms. The van der Waals surface area contributed by atoms with Crippen LogP contribution >= 0.6 is 0 Å². The average Bonchev–Trinajstić information content (AvgIpc) is 3.10. The minimum atomic E-state index is -0.540. The maximum atomic E-state index is 12.8. The van der Waals surface area contributed by atoms with Gasteiger partial charge < -0.3 is 4.74 Å². The molecule has 1 saturated heterocycles. The predicted molar refractivity (Wildman–Crippen MR) is 98.2 cm³/mol. The van der Waals surface area contributed by atoms with Gasteiger partial charge in [-0.2, -0.15) is 0 Å². The van der Waals surface area contributed by atoms with Gasteiger partial charge in [0.05, 0.1) is 6.54 Å². The van der Waals surface area contributed by atoms with Crippen molar-refractivity contribution in [2.45, 2.75) is 32.1 Å². The molecule has 0 saturated carbocycles. The van der Waals surface area contributed by atoms with Crippen molar-refractivity contribution in [1.29, 1.82) is 0 Å². The van der Waals surface area contributed by atoms with Gasteiger partial charge in [0.2, 0.25) is 5.91 Å². The molecule has 138 valence electrons. The van der Waals surface area contributed by atoms with E-state index < -0.39 is 6.09 Å². The van der Waals surface area contributed by atoms with E-state index >= 15 is 0 Å². The molecular formula is C21H24FNO3. The first-order valence-corrected chi connectivity index (χ1v) is 8.80. The van der Waals surface area contributed by atoms with Gasteiger partial charge in [0.1, 0.15) is 12.4 Å². The summed E-state index contributed by atoms with van der Waals surface area (Å²) in [7, 11) is 0. The van der Waals surface area contributed by atoms with Gasteiger partial charge in [0.15, 0.2) is 0 Å². The van der Waals surface area contributed by atoms with Crippen LogP contribution in [0.3, 0.4) is 0 Å². The smallest absolute Gasteiger partial charge is 0.416 e. The largest absolute Gasteiger partial charge is 0.447 e. The molecule has 0 radical (unpaired) electrons. The summed E-state index contributed by atoms with van der Waals surface area (Å²) in [4.78, 5) is 24.2. The van der Waals surface area contributed by atoms with Crippen molar-refractivity contribution in [3.05, 3.63) is 72.0 Å². The number of hydrogen-bond acceptors (Lipinski definition) is 3. The Balaban J connectivity index is 0.000000342. The van der Waals surface area contributed by atoms with Gasteiger partial charge >= 0.3 is 6.09 Å². The monoisotopic (exact) mass is 357 g/mol. The minimum absolute atomic E-state index is 0.182. The number of benzene rings is 2. The van der Waals surface area contributed by atoms with Crippen LogP contribution in [0.25, 0.3) is 0 Å². The van der Waals surface area contributed by atoms with E-state index in [4.69, 9.17) is 4.74 Å². The first-order chi connectivity index (χ1) is 12.6. The molecule has 3 rings (SSSR count). The molecule has 0 aliphatic carbocycles. The first kappa shape index (κ1) is 19.6. The lowest BCUT2D eigenvalue weighted by Gasteiger charge is -2.13. The number of carbonyl (C=O) groups excluding carboxylic acids is 2. The molecule has 4 nitrogen and oxygen atoms in total. The fraction of sp³-hybridized carbons (Fsp3) is 0.333. The Hall–Kier alpha value is -2.69. The summed E-state index contributed by atoms with van der Waals surface area (Å²) in [6.07, 6.45) is 1.31. The van der Waals surface area contributed by atoms with E-state index in [1.54, 1.807) is 12.1 Å². The van der Waals surface area contributed by atoms with Crippen molar-refractivity contribution in [2.75, 3.05) is 13.2 Å². The van der Waals surface area contributed by atoms with Crippen LogP contribution in [0.5, 0.6) is 0 Å². The highest BCUT2D eigenvalue weighted by atomic mass is 19.1. The number of rotatable bonds is 5. The van der Waals surface area contributed by atoms with Crippen LogP contribution in [0.15, 0.2) is 60.7 Å². The zero-order chi connectivity index (χ0) is 18.8. The van der Waals surface area contributed by atoms with Crippen LogP contribution in [0, 0.1) is 5.82 Å². The summed E-state index contributed by atoms with van der Waals surface area (Å²) >= 11 is 0. The highest BCUT2D eigenvalue weighted by Gasteiger charge is 2.27. The topological polar surface area (TPSA) is 46.6 Å². The van der Waals surface area contributed by atoms with Crippen LogP contribution in [-0.4, -0.2) is 30.1 Å². The number of hydrogen-bond donors (Lipinski definition) is 0. The zero-order valence-electron chi connectivity index (χ0n) is 14.9. The number of cyclic esters (lactones) is 1. The predicted octanol–water partition coefficient (Wildman–Crippen LogP) is 4.76. The molecule has 0 N–H and O–H groups in total. The number of ether oxygens (including phenoxy) is 1. The lowest BCUT2D eigenvalue weighted by molar-refractivity contribution is -0.127. The Morgan fingerprint density at radius 2 is 1.69 bits per heavy atom. The first-order valence-electron chi connectivity index (χ1n) is 8.80. The van der Waals surface area contributed by atoms with E-state index in [-0.39, 0.29) is 24.2 Å². The van der Waals surface area contributed by atoms with E-state index in [9.17, 15) is 14.0 Å². The molecule has 1 atom stereocenters. The maximum Gasteiger partial charge on any atom is 0.416 e. The van der Waals surface area contributed by atoms with Crippen LogP contribution in [-0.2, 0) is 9.53 Å². The molecule has 0 aromatic heterocycles. The van der Waals surface area contributed by atoms with E-state index in [1.807, 2.05) is 43.3 Å². The van der Waals surface area contributed by atoms with E-state index in [1.165, 1.54) is 12.1 Å². The Bertz CT molecular complexity index is 661. The van der Waals surface area contributed by atoms with Crippen LogP contribution in [0.2, 0.25) is 0 Å². The molecule has 1 aliphatic rings. The average molecular weight is 357 g/mol. The van der Waals surface area contributed by atoms with E-state index in [0.29, 0.717) is 19.4 Å². The summed E-state index contributed by atoms with van der Waals surface area (Å²) in [5, 5.41) is 0. The van der Waals surface area contributed by atoms with E-state index in [0.717, 1.165) is 16.9 Å². The summed E-state index contributed by atoms with van der Waals surface area (Å²) in [5.41, 5.74) is 1.06. The second-order valence-electron chi connectivity index (χ2n) is 6.16. The van der Waals surface area contributed by atoms with Gasteiger partial charge in [-0.25, -0.2) is 14.1 Å². The molecule has 1 heterocycles. The van der Waals surface area contributed by atoms with E-state index in [2.05, 4.69) is 0 Å². The van der Waals surface area contributed by atoms with Crippen molar-refractivity contribution >= 4 is 12.0 Å². The Labute approximate surface area is 153 Å². The maximum absolute atomic E-state index is 12.8. The lowest BCUT2D eigenvalue weighted by atomic mass is 9.95. The fourth-order valence-electron chi connectivity index (χ4n) is 2.66. The molecule has 2 aromatic rings. The van der Waals surface area contributed by atoms with Gasteiger partial charge in [-0.3, -0.25) is 4.79 Å². The summed E-state index contributed by atoms with van der Waals surface area (Å²) < 4.78 is 17.5. The number of halogens is 1. The van der Waals surface area contributed by atoms with Crippen molar-refractivity contribution in [2.24, 2.45) is 0 Å².